The van der Waals surface area contributed by atoms with Crippen LogP contribution in [0.15, 0.2) is 0 Å². The Hall–Kier alpha value is -1.10. The molecule has 1 rings (SSSR count). The highest BCUT2D eigenvalue weighted by atomic mass is 16.2. The molecule has 86 valence electrons. The van der Waals surface area contributed by atoms with Gasteiger partial charge >= 0.3 is 0 Å². The Kier molecular flexibility index (Phi) is 4.55. The van der Waals surface area contributed by atoms with Gasteiger partial charge in [-0.15, -0.1) is 0 Å². The van der Waals surface area contributed by atoms with Crippen molar-refractivity contribution >= 4 is 11.8 Å². The molecule has 0 aliphatic carbocycles. The summed E-state index contributed by atoms with van der Waals surface area (Å²) >= 11 is 0. The minimum Gasteiger partial charge on any atom is -0.353 e. The van der Waals surface area contributed by atoms with E-state index < -0.39 is 6.04 Å². The average molecular weight is 213 g/mol. The number of amides is 2. The second kappa shape index (κ2) is 5.70. The minimum atomic E-state index is -0.448. The zero-order chi connectivity index (χ0) is 11.3. The van der Waals surface area contributed by atoms with Crippen molar-refractivity contribution in [3.8, 4) is 0 Å². The average Bonchev–Trinajstić information content (AvgIpc) is 2.24. The lowest BCUT2D eigenvalue weighted by Crippen LogP contribution is -2.54. The third kappa shape index (κ3) is 3.51. The first kappa shape index (κ1) is 12.0. The quantitative estimate of drug-likeness (QED) is 0.658. The van der Waals surface area contributed by atoms with Gasteiger partial charge in [-0.25, -0.2) is 0 Å². The lowest BCUT2D eigenvalue weighted by atomic mass is 10.1. The molecule has 5 heteroatoms. The van der Waals surface area contributed by atoms with E-state index in [2.05, 4.69) is 12.2 Å². The van der Waals surface area contributed by atoms with E-state index in [1.807, 2.05) is 0 Å². The van der Waals surface area contributed by atoms with Crippen LogP contribution in [0.1, 0.15) is 26.2 Å². The number of rotatable bonds is 4. The number of hydrogen-bond acceptors (Lipinski definition) is 3. The van der Waals surface area contributed by atoms with Gasteiger partial charge in [-0.2, -0.15) is 0 Å². The summed E-state index contributed by atoms with van der Waals surface area (Å²) in [5, 5.41) is 2.68. The van der Waals surface area contributed by atoms with Crippen LogP contribution in [0.5, 0.6) is 0 Å². The van der Waals surface area contributed by atoms with Crippen LogP contribution in [0.2, 0.25) is 0 Å². The standard InChI is InChI=1S/C10H19N3O2/c1-2-3-4-8(11)10(15)13-6-5-12-9(14)7-13/h8H,2-7,11H2,1H3,(H,12,14). The first-order valence-corrected chi connectivity index (χ1v) is 5.46. The van der Waals surface area contributed by atoms with Gasteiger partial charge in [0.15, 0.2) is 0 Å². The molecule has 1 aliphatic rings. The number of nitrogens with one attached hydrogen (secondary N) is 1. The van der Waals surface area contributed by atoms with Crippen LogP contribution in [-0.2, 0) is 9.59 Å². The Labute approximate surface area is 90.0 Å². The van der Waals surface area contributed by atoms with Crippen LogP contribution < -0.4 is 11.1 Å². The van der Waals surface area contributed by atoms with Gasteiger partial charge in [0, 0.05) is 13.1 Å². The Balaban J connectivity index is 2.40. The van der Waals surface area contributed by atoms with Crippen LogP contribution >= 0.6 is 0 Å². The Morgan fingerprint density at radius 1 is 1.67 bits per heavy atom. The van der Waals surface area contributed by atoms with Gasteiger partial charge in [0.05, 0.1) is 12.6 Å². The summed E-state index contributed by atoms with van der Waals surface area (Å²) in [6, 6.07) is -0.448. The zero-order valence-corrected chi connectivity index (χ0v) is 9.16. The van der Waals surface area contributed by atoms with Crippen LogP contribution in [0.4, 0.5) is 0 Å². The van der Waals surface area contributed by atoms with Crippen LogP contribution in [0.3, 0.4) is 0 Å². The summed E-state index contributed by atoms with van der Waals surface area (Å²) in [4.78, 5) is 24.4. The largest absolute Gasteiger partial charge is 0.353 e. The molecule has 1 unspecified atom stereocenters. The Morgan fingerprint density at radius 2 is 2.40 bits per heavy atom. The molecule has 0 bridgehead atoms. The van der Waals surface area contributed by atoms with Crippen molar-refractivity contribution in [3.63, 3.8) is 0 Å². The predicted molar refractivity (Wildman–Crippen MR) is 57.1 cm³/mol. The second-order valence-electron chi connectivity index (χ2n) is 3.86. The van der Waals surface area contributed by atoms with Crippen molar-refractivity contribution in [2.24, 2.45) is 5.73 Å². The maximum Gasteiger partial charge on any atom is 0.240 e. The maximum atomic E-state index is 11.8. The molecule has 0 aromatic carbocycles. The molecule has 0 saturated carbocycles. The van der Waals surface area contributed by atoms with Gasteiger partial charge in [-0.05, 0) is 6.42 Å². The lowest BCUT2D eigenvalue weighted by Gasteiger charge is -2.28. The fourth-order valence-electron chi connectivity index (χ4n) is 1.61. The smallest absolute Gasteiger partial charge is 0.240 e. The zero-order valence-electron chi connectivity index (χ0n) is 9.16. The van der Waals surface area contributed by atoms with E-state index in [0.29, 0.717) is 19.5 Å². The number of hydrogen-bond donors (Lipinski definition) is 2. The maximum absolute atomic E-state index is 11.8. The topological polar surface area (TPSA) is 75.4 Å². The van der Waals surface area contributed by atoms with Crippen LogP contribution in [0.25, 0.3) is 0 Å². The van der Waals surface area contributed by atoms with E-state index in [9.17, 15) is 9.59 Å². The Morgan fingerprint density at radius 3 is 3.00 bits per heavy atom. The van der Waals surface area contributed by atoms with Crippen molar-refractivity contribution in [2.75, 3.05) is 19.6 Å². The molecule has 5 nitrogen and oxygen atoms in total. The first-order valence-electron chi connectivity index (χ1n) is 5.46. The van der Waals surface area contributed by atoms with E-state index in [-0.39, 0.29) is 18.4 Å². The molecular weight excluding hydrogens is 194 g/mol. The summed E-state index contributed by atoms with van der Waals surface area (Å²) in [5.41, 5.74) is 5.76. The minimum absolute atomic E-state index is 0.0988. The first-order chi connectivity index (χ1) is 7.15. The predicted octanol–water partition coefficient (Wildman–Crippen LogP) is -0.538. The van der Waals surface area contributed by atoms with E-state index in [1.165, 1.54) is 0 Å². The summed E-state index contributed by atoms with van der Waals surface area (Å²) in [6.07, 6.45) is 2.68. The number of carbonyl (C=O) groups is 2. The van der Waals surface area contributed by atoms with Crippen molar-refractivity contribution < 1.29 is 9.59 Å². The number of nitrogens with two attached hydrogens (primary N) is 1. The lowest BCUT2D eigenvalue weighted by molar-refractivity contribution is -0.139. The molecule has 15 heavy (non-hydrogen) atoms. The monoisotopic (exact) mass is 213 g/mol. The molecule has 3 N–H and O–H groups in total. The van der Waals surface area contributed by atoms with E-state index >= 15 is 0 Å². The van der Waals surface area contributed by atoms with Crippen molar-refractivity contribution in [2.45, 2.75) is 32.2 Å². The summed E-state index contributed by atoms with van der Waals surface area (Å²) < 4.78 is 0. The second-order valence-corrected chi connectivity index (χ2v) is 3.86. The van der Waals surface area contributed by atoms with Gasteiger partial charge < -0.3 is 16.0 Å². The third-order valence-electron chi connectivity index (χ3n) is 2.54. The molecule has 0 aromatic rings. The SMILES string of the molecule is CCCCC(N)C(=O)N1CCNC(=O)C1. The van der Waals surface area contributed by atoms with Gasteiger partial charge in [-0.3, -0.25) is 9.59 Å². The third-order valence-corrected chi connectivity index (χ3v) is 2.54. The highest BCUT2D eigenvalue weighted by Gasteiger charge is 2.24. The van der Waals surface area contributed by atoms with Gasteiger partial charge in [0.1, 0.15) is 0 Å². The van der Waals surface area contributed by atoms with Gasteiger partial charge in [-0.1, -0.05) is 19.8 Å². The summed E-state index contributed by atoms with van der Waals surface area (Å²) in [7, 11) is 0. The number of piperazine rings is 1. The van der Waals surface area contributed by atoms with E-state index in [0.717, 1.165) is 12.8 Å². The van der Waals surface area contributed by atoms with E-state index in [4.69, 9.17) is 5.73 Å². The molecule has 1 fully saturated rings. The fraction of sp³-hybridized carbons (Fsp3) is 0.800. The summed E-state index contributed by atoms with van der Waals surface area (Å²) in [5.74, 6) is -0.199. The van der Waals surface area contributed by atoms with Crippen LogP contribution in [-0.4, -0.2) is 42.4 Å². The molecule has 0 spiro atoms. The normalized spacial score (nSPS) is 18.5. The van der Waals surface area contributed by atoms with Crippen molar-refractivity contribution in [3.05, 3.63) is 0 Å². The molecule has 0 radical (unpaired) electrons. The fourth-order valence-corrected chi connectivity index (χ4v) is 1.61. The number of nitrogens with zero attached hydrogens (tertiary/aromatic N) is 1. The number of unbranched alkanes of at least 4 members (excludes halogenated alkanes) is 1. The molecule has 1 atom stereocenters. The molecule has 2 amide bonds. The van der Waals surface area contributed by atoms with Crippen LogP contribution in [0, 0.1) is 0 Å². The van der Waals surface area contributed by atoms with E-state index in [1.54, 1.807) is 4.90 Å². The van der Waals surface area contributed by atoms with Crippen molar-refractivity contribution in [1.82, 2.24) is 10.2 Å². The Bertz CT molecular complexity index is 243. The summed E-state index contributed by atoms with van der Waals surface area (Å²) in [6.45, 7) is 3.32. The highest BCUT2D eigenvalue weighted by Crippen LogP contribution is 2.03. The molecular formula is C10H19N3O2. The molecule has 1 heterocycles. The van der Waals surface area contributed by atoms with Crippen molar-refractivity contribution in [1.29, 1.82) is 0 Å². The molecule has 1 aliphatic heterocycles. The highest BCUT2D eigenvalue weighted by molar-refractivity contribution is 5.88. The number of carbonyl (C=O) groups excluding carboxylic acids is 2. The molecule has 1 saturated heterocycles. The van der Waals surface area contributed by atoms with Gasteiger partial charge in [0.25, 0.3) is 0 Å². The van der Waals surface area contributed by atoms with Gasteiger partial charge in [0.2, 0.25) is 11.8 Å². The molecule has 0 aromatic heterocycles.